The molecule has 0 saturated carbocycles. The summed E-state index contributed by atoms with van der Waals surface area (Å²) in [6, 6.07) is 3.03. The van der Waals surface area contributed by atoms with E-state index in [1.807, 2.05) is 6.92 Å². The molecule has 12 heavy (non-hydrogen) atoms. The summed E-state index contributed by atoms with van der Waals surface area (Å²) in [5, 5.41) is 0. The summed E-state index contributed by atoms with van der Waals surface area (Å²) in [5.41, 5.74) is 0. The van der Waals surface area contributed by atoms with Crippen molar-refractivity contribution in [2.75, 3.05) is 27.2 Å². The molecule has 0 aliphatic rings. The lowest BCUT2D eigenvalue weighted by molar-refractivity contribution is 0.386. The molecule has 1 unspecified atom stereocenters. The van der Waals surface area contributed by atoms with Crippen molar-refractivity contribution in [2.24, 2.45) is 9.98 Å². The molecular formula is C9H19N3. The summed E-state index contributed by atoms with van der Waals surface area (Å²) in [4.78, 5) is 10.2. The Morgan fingerprint density at radius 2 is 2.08 bits per heavy atom. The van der Waals surface area contributed by atoms with Crippen molar-refractivity contribution in [3.05, 3.63) is 0 Å². The van der Waals surface area contributed by atoms with Crippen LogP contribution >= 0.6 is 0 Å². The highest BCUT2D eigenvalue weighted by atomic mass is 15.1. The highest BCUT2D eigenvalue weighted by Gasteiger charge is 1.97. The van der Waals surface area contributed by atoms with E-state index in [2.05, 4.69) is 41.9 Å². The van der Waals surface area contributed by atoms with Crippen LogP contribution in [-0.2, 0) is 0 Å². The van der Waals surface area contributed by atoms with Crippen molar-refractivity contribution in [3.63, 3.8) is 0 Å². The van der Waals surface area contributed by atoms with Gasteiger partial charge in [0.2, 0.25) is 0 Å². The van der Waals surface area contributed by atoms with E-state index in [9.17, 15) is 0 Å². The minimum Gasteiger partial charge on any atom is -0.309 e. The third-order valence-corrected chi connectivity index (χ3v) is 1.50. The summed E-state index contributed by atoms with van der Waals surface area (Å²) in [6.45, 7) is 5.90. The Hall–Kier alpha value is -0.660. The molecule has 0 aliphatic carbocycles. The Balaban J connectivity index is 3.59. The van der Waals surface area contributed by atoms with Crippen LogP contribution in [0.5, 0.6) is 0 Å². The lowest BCUT2D eigenvalue weighted by Crippen LogP contribution is -2.16. The highest BCUT2D eigenvalue weighted by molar-refractivity contribution is 5.41. The maximum Gasteiger partial charge on any atom is 0.0895 e. The Labute approximate surface area is 75.2 Å². The molecule has 0 saturated heterocycles. The average Bonchev–Trinajstić information content (AvgIpc) is 2.01. The molecule has 3 heteroatoms. The quantitative estimate of drug-likeness (QED) is 0.573. The molecule has 0 radical (unpaired) electrons. The first-order valence-electron chi connectivity index (χ1n) is 4.43. The van der Waals surface area contributed by atoms with E-state index in [1.165, 1.54) is 0 Å². The molecule has 70 valence electrons. The number of rotatable bonds is 5. The standard InChI is InChI=1S/C9H19N3/c1-5-10-8-11-9(2)6-7-12(3)4/h9H,5-7H2,1-4H3. The highest BCUT2D eigenvalue weighted by Crippen LogP contribution is 1.95. The Morgan fingerprint density at radius 1 is 1.42 bits per heavy atom. The fourth-order valence-electron chi connectivity index (χ4n) is 0.720. The van der Waals surface area contributed by atoms with Crippen LogP contribution in [0.15, 0.2) is 9.98 Å². The molecule has 0 aromatic heterocycles. The molecule has 0 rings (SSSR count). The first kappa shape index (κ1) is 11.3. The summed E-state index contributed by atoms with van der Waals surface area (Å²) in [6.07, 6.45) is 1.07. The second-order valence-electron chi connectivity index (χ2n) is 3.14. The van der Waals surface area contributed by atoms with Crippen molar-refractivity contribution in [2.45, 2.75) is 26.3 Å². The molecule has 0 aromatic rings. The minimum absolute atomic E-state index is 0.336. The van der Waals surface area contributed by atoms with E-state index < -0.39 is 0 Å². The van der Waals surface area contributed by atoms with Crippen molar-refractivity contribution >= 4 is 6.01 Å². The van der Waals surface area contributed by atoms with Crippen LogP contribution in [0.1, 0.15) is 20.3 Å². The number of aliphatic imine (C=N–C) groups is 2. The van der Waals surface area contributed by atoms with Crippen LogP contribution in [0.25, 0.3) is 0 Å². The topological polar surface area (TPSA) is 28.0 Å². The van der Waals surface area contributed by atoms with Gasteiger partial charge in [-0.1, -0.05) is 0 Å². The van der Waals surface area contributed by atoms with Crippen LogP contribution < -0.4 is 0 Å². The third-order valence-electron chi connectivity index (χ3n) is 1.50. The summed E-state index contributed by atoms with van der Waals surface area (Å²) in [5.74, 6) is 0. The Kier molecular flexibility index (Phi) is 6.63. The second-order valence-corrected chi connectivity index (χ2v) is 3.14. The van der Waals surface area contributed by atoms with Crippen LogP contribution in [-0.4, -0.2) is 44.1 Å². The maximum atomic E-state index is 4.14. The molecular weight excluding hydrogens is 150 g/mol. The lowest BCUT2D eigenvalue weighted by Gasteiger charge is -2.10. The predicted octanol–water partition coefficient (Wildman–Crippen LogP) is 1.52. The SMILES string of the molecule is CCN=C=NC(C)CCN(C)C. The van der Waals surface area contributed by atoms with Gasteiger partial charge in [0, 0.05) is 6.54 Å². The van der Waals surface area contributed by atoms with Gasteiger partial charge in [-0.2, -0.15) is 0 Å². The second kappa shape index (κ2) is 7.01. The number of hydrogen-bond donors (Lipinski definition) is 0. The van der Waals surface area contributed by atoms with Crippen molar-refractivity contribution < 1.29 is 0 Å². The van der Waals surface area contributed by atoms with E-state index in [-0.39, 0.29) is 0 Å². The lowest BCUT2D eigenvalue weighted by atomic mass is 10.2. The van der Waals surface area contributed by atoms with Crippen molar-refractivity contribution in [1.29, 1.82) is 0 Å². The summed E-state index contributed by atoms with van der Waals surface area (Å²) < 4.78 is 0. The van der Waals surface area contributed by atoms with Gasteiger partial charge < -0.3 is 4.90 Å². The van der Waals surface area contributed by atoms with Gasteiger partial charge in [-0.3, -0.25) is 0 Å². The average molecular weight is 169 g/mol. The van der Waals surface area contributed by atoms with Crippen LogP contribution in [0, 0.1) is 0 Å². The van der Waals surface area contributed by atoms with Crippen molar-refractivity contribution in [3.8, 4) is 0 Å². The number of hydrogen-bond acceptors (Lipinski definition) is 3. The van der Waals surface area contributed by atoms with Crippen LogP contribution in [0.2, 0.25) is 0 Å². The predicted molar refractivity (Wildman–Crippen MR) is 53.0 cm³/mol. The van der Waals surface area contributed by atoms with Gasteiger partial charge in [0.1, 0.15) is 0 Å². The first-order chi connectivity index (χ1) is 5.66. The molecule has 0 bridgehead atoms. The maximum absolute atomic E-state index is 4.14. The molecule has 0 fully saturated rings. The van der Waals surface area contributed by atoms with Gasteiger partial charge in [-0.15, -0.1) is 0 Å². The van der Waals surface area contributed by atoms with Gasteiger partial charge >= 0.3 is 0 Å². The smallest absolute Gasteiger partial charge is 0.0895 e. The molecule has 0 aliphatic heterocycles. The molecule has 3 nitrogen and oxygen atoms in total. The van der Waals surface area contributed by atoms with E-state index in [0.717, 1.165) is 19.5 Å². The normalized spacial score (nSPS) is 12.4. The van der Waals surface area contributed by atoms with E-state index >= 15 is 0 Å². The fraction of sp³-hybridized carbons (Fsp3) is 0.889. The molecule has 0 spiro atoms. The van der Waals surface area contributed by atoms with E-state index in [0.29, 0.717) is 6.04 Å². The Morgan fingerprint density at radius 3 is 2.58 bits per heavy atom. The monoisotopic (exact) mass is 169 g/mol. The summed E-state index contributed by atoms with van der Waals surface area (Å²) >= 11 is 0. The molecule has 0 aromatic carbocycles. The number of nitrogens with zero attached hydrogens (tertiary/aromatic N) is 3. The molecule has 1 atom stereocenters. The minimum atomic E-state index is 0.336. The van der Waals surface area contributed by atoms with Gasteiger partial charge in [0.05, 0.1) is 12.1 Å². The Bertz CT molecular complexity index is 157. The molecule has 0 amide bonds. The largest absolute Gasteiger partial charge is 0.309 e. The molecule has 0 heterocycles. The zero-order valence-corrected chi connectivity index (χ0v) is 8.54. The van der Waals surface area contributed by atoms with Gasteiger partial charge in [0.15, 0.2) is 0 Å². The van der Waals surface area contributed by atoms with Gasteiger partial charge in [-0.05, 0) is 40.9 Å². The van der Waals surface area contributed by atoms with E-state index in [4.69, 9.17) is 0 Å². The zero-order valence-electron chi connectivity index (χ0n) is 8.54. The van der Waals surface area contributed by atoms with Gasteiger partial charge in [-0.25, -0.2) is 9.98 Å². The van der Waals surface area contributed by atoms with Crippen LogP contribution in [0.3, 0.4) is 0 Å². The fourth-order valence-corrected chi connectivity index (χ4v) is 0.720. The van der Waals surface area contributed by atoms with E-state index in [1.54, 1.807) is 0 Å². The third kappa shape index (κ3) is 7.45. The van der Waals surface area contributed by atoms with Crippen molar-refractivity contribution in [1.82, 2.24) is 4.90 Å². The van der Waals surface area contributed by atoms with Crippen LogP contribution in [0.4, 0.5) is 0 Å². The molecule has 0 N–H and O–H groups in total. The zero-order chi connectivity index (χ0) is 9.40. The van der Waals surface area contributed by atoms with Gasteiger partial charge in [0.25, 0.3) is 0 Å². The summed E-state index contributed by atoms with van der Waals surface area (Å²) in [7, 11) is 4.13. The first-order valence-corrected chi connectivity index (χ1v) is 4.43.